The van der Waals surface area contributed by atoms with E-state index >= 15 is 0 Å². The molecule has 428 valence electrons. The van der Waals surface area contributed by atoms with Gasteiger partial charge in [-0.3, -0.25) is 19.8 Å². The average Bonchev–Trinajstić information content (AvgIpc) is 3.99. The minimum absolute atomic E-state index is 0.00746. The molecule has 5 aromatic rings. The molecule has 0 unspecified atom stereocenters. The van der Waals surface area contributed by atoms with Crippen LogP contribution in [0.1, 0.15) is 76.6 Å². The number of carbonyl (C=O) groups excluding carboxylic acids is 3. The molecule has 0 saturated carbocycles. The number of para-hydroxylation sites is 2. The summed E-state index contributed by atoms with van der Waals surface area (Å²) in [6, 6.07) is 30.1. The third-order valence-electron chi connectivity index (χ3n) is 14.8. The van der Waals surface area contributed by atoms with Gasteiger partial charge in [0.05, 0.1) is 81.8 Å². The lowest BCUT2D eigenvalue weighted by Crippen LogP contribution is -2.41. The van der Waals surface area contributed by atoms with Gasteiger partial charge in [0.15, 0.2) is 23.0 Å². The van der Waals surface area contributed by atoms with Gasteiger partial charge in [-0.2, -0.15) is 0 Å². The van der Waals surface area contributed by atoms with Crippen LogP contribution in [0.15, 0.2) is 91.0 Å². The Labute approximate surface area is 479 Å². The zero-order valence-electron chi connectivity index (χ0n) is 47.5. The number of carbonyl (C=O) groups is 3. The molecule has 17 nitrogen and oxygen atoms in total. The number of ether oxygens (including phenoxy) is 7. The molecule has 19 heteroatoms. The van der Waals surface area contributed by atoms with E-state index in [2.05, 4.69) is 69.7 Å². The minimum Gasteiger partial charge on any atom is -0.493 e. The van der Waals surface area contributed by atoms with Crippen LogP contribution in [0.25, 0.3) is 0 Å². The molecule has 0 radical (unpaired) electrons. The highest BCUT2D eigenvalue weighted by atomic mass is 33.1. The van der Waals surface area contributed by atoms with Crippen molar-refractivity contribution in [1.29, 1.82) is 0 Å². The molecular weight excluding hydrogens is 1050 g/mol. The van der Waals surface area contributed by atoms with E-state index in [0.29, 0.717) is 106 Å². The van der Waals surface area contributed by atoms with Gasteiger partial charge in [0.25, 0.3) is 11.8 Å². The Morgan fingerprint density at radius 1 is 0.675 bits per heavy atom. The number of likely N-dealkylation sites (N-methyl/N-ethyl adjacent to an activating group) is 2. The monoisotopic (exact) mass is 1130 g/mol. The molecule has 0 saturated heterocycles. The summed E-state index contributed by atoms with van der Waals surface area (Å²) in [5, 5.41) is 0. The summed E-state index contributed by atoms with van der Waals surface area (Å²) in [5.41, 5.74) is 15.2. The molecule has 4 aliphatic heterocycles. The largest absolute Gasteiger partial charge is 0.493 e. The number of nitrogens with zero attached hydrogens (tertiary/aromatic N) is 5. The van der Waals surface area contributed by atoms with E-state index in [-0.39, 0.29) is 47.8 Å². The maximum absolute atomic E-state index is 14.5. The summed E-state index contributed by atoms with van der Waals surface area (Å²) in [6.45, 7) is 12.3. The molecule has 80 heavy (non-hydrogen) atoms. The van der Waals surface area contributed by atoms with Gasteiger partial charge in [0.2, 0.25) is 5.91 Å². The van der Waals surface area contributed by atoms with Crippen molar-refractivity contribution in [1.82, 2.24) is 10.9 Å². The van der Waals surface area contributed by atoms with Gasteiger partial charge in [-0.1, -0.05) is 64.9 Å². The molecule has 0 spiro atoms. The molecule has 0 bridgehead atoms. The van der Waals surface area contributed by atoms with Crippen LogP contribution in [0, 0.1) is 0 Å². The third-order valence-corrected chi connectivity index (χ3v) is 18.2. The number of hydrogen-bond donors (Lipinski definition) is 2. The number of fused-ring (bicyclic) bond motifs is 8. The lowest BCUT2D eigenvalue weighted by molar-refractivity contribution is -0.122. The second-order valence-corrected chi connectivity index (χ2v) is 24.3. The van der Waals surface area contributed by atoms with E-state index in [9.17, 15) is 14.4 Å². The first-order chi connectivity index (χ1) is 38.8. The lowest BCUT2D eigenvalue weighted by atomic mass is 10.1. The topological polar surface area (TPSA) is 156 Å². The standard InChI is InChI=1S/C61H77N7O10S2/c1-9-62-63-58(69)19-14-26-79-80-61(2,3)40-66(20-21-75-24-25-76-23-22-72-6)45-28-41(38-77-56-34-52-48(32-54(56)73-7)59(70)67-46(36-64(52)4)30-43-15-10-12-17-50(43)67)27-42(29-45)39-78-57-35-53-49(33-55(57)74-8)60(71)68-47(37-65(53)5)31-44-16-11-13-18-51(44)68/h10-13,15-18,27-29,32-35,46-47,62H,9,14,19-26,30-31,36-40H2,1-8H3,(H,63,69)/t46-,47-/m0/s1. The summed E-state index contributed by atoms with van der Waals surface area (Å²) < 4.78 is 42.3. The summed E-state index contributed by atoms with van der Waals surface area (Å²) in [7, 11) is 12.5. The molecule has 9 rings (SSSR count). The van der Waals surface area contributed by atoms with Crippen molar-refractivity contribution in [2.24, 2.45) is 0 Å². The first-order valence-corrected chi connectivity index (χ1v) is 29.9. The van der Waals surface area contributed by atoms with Gasteiger partial charge in [0.1, 0.15) is 13.2 Å². The average molecular weight is 1130 g/mol. The molecule has 2 atom stereocenters. The first-order valence-electron chi connectivity index (χ1n) is 27.6. The Kier molecular flexibility index (Phi) is 19.6. The summed E-state index contributed by atoms with van der Waals surface area (Å²) in [4.78, 5) is 51.7. The number of hydrogen-bond acceptors (Lipinski definition) is 16. The fourth-order valence-electron chi connectivity index (χ4n) is 11.1. The number of anilines is 5. The van der Waals surface area contributed by atoms with Crippen LogP contribution in [0.4, 0.5) is 28.4 Å². The maximum atomic E-state index is 14.5. The number of nitrogens with one attached hydrogen (secondary N) is 2. The number of amides is 3. The second kappa shape index (κ2) is 26.9. The normalized spacial score (nSPS) is 16.2. The van der Waals surface area contributed by atoms with Crippen molar-refractivity contribution < 1.29 is 47.5 Å². The smallest absolute Gasteiger partial charge is 0.260 e. The molecule has 2 N–H and O–H groups in total. The van der Waals surface area contributed by atoms with Gasteiger partial charge in [0, 0.05) is 100 Å². The molecule has 4 heterocycles. The quantitative estimate of drug-likeness (QED) is 0.0278. The Morgan fingerprint density at radius 2 is 1.20 bits per heavy atom. The number of rotatable bonds is 28. The van der Waals surface area contributed by atoms with E-state index in [1.54, 1.807) is 42.9 Å². The van der Waals surface area contributed by atoms with Crippen LogP contribution in [-0.4, -0.2) is 141 Å². The fraction of sp³-hybridized carbons (Fsp3) is 0.459. The Bertz CT molecular complexity index is 2820. The highest BCUT2D eigenvalue weighted by Gasteiger charge is 2.41. The lowest BCUT2D eigenvalue weighted by Gasteiger charge is -2.34. The Morgan fingerprint density at radius 3 is 1.73 bits per heavy atom. The van der Waals surface area contributed by atoms with Crippen molar-refractivity contribution in [3.63, 3.8) is 0 Å². The number of methoxy groups -OCH3 is 3. The van der Waals surface area contributed by atoms with Crippen LogP contribution < -0.4 is 54.3 Å². The molecular formula is C61H77N7O10S2. The zero-order valence-corrected chi connectivity index (χ0v) is 49.1. The van der Waals surface area contributed by atoms with Crippen molar-refractivity contribution >= 4 is 67.7 Å². The van der Waals surface area contributed by atoms with Gasteiger partial charge in [-0.15, -0.1) is 0 Å². The molecule has 4 aliphatic rings. The van der Waals surface area contributed by atoms with E-state index in [1.165, 1.54) is 11.1 Å². The van der Waals surface area contributed by atoms with Crippen LogP contribution >= 0.6 is 21.6 Å². The van der Waals surface area contributed by atoms with E-state index in [0.717, 1.165) is 64.6 Å². The molecule has 0 aromatic heterocycles. The first kappa shape index (κ1) is 58.3. The Balaban J connectivity index is 1.01. The van der Waals surface area contributed by atoms with Crippen molar-refractivity contribution in [2.45, 2.75) is 76.5 Å². The number of hydrazine groups is 1. The van der Waals surface area contributed by atoms with Crippen LogP contribution in [0.2, 0.25) is 0 Å². The molecule has 0 fully saturated rings. The summed E-state index contributed by atoms with van der Waals surface area (Å²) in [5.74, 6) is 2.62. The predicted molar refractivity (Wildman–Crippen MR) is 320 cm³/mol. The van der Waals surface area contributed by atoms with Crippen LogP contribution in [0.5, 0.6) is 23.0 Å². The third kappa shape index (κ3) is 13.7. The highest BCUT2D eigenvalue weighted by Crippen LogP contribution is 2.45. The highest BCUT2D eigenvalue weighted by molar-refractivity contribution is 8.77. The number of benzene rings is 5. The van der Waals surface area contributed by atoms with Crippen molar-refractivity contribution in [3.05, 3.63) is 124 Å². The van der Waals surface area contributed by atoms with E-state index in [4.69, 9.17) is 33.2 Å². The zero-order chi connectivity index (χ0) is 56.3. The van der Waals surface area contributed by atoms with Crippen molar-refractivity contribution in [2.75, 3.05) is 131 Å². The maximum Gasteiger partial charge on any atom is 0.260 e. The molecule has 0 aliphatic carbocycles. The molecule has 3 amide bonds. The van der Waals surface area contributed by atoms with Gasteiger partial charge in [-0.25, -0.2) is 5.43 Å². The fourth-order valence-corrected chi connectivity index (χ4v) is 13.6. The van der Waals surface area contributed by atoms with Crippen LogP contribution in [-0.2, 0) is 45.1 Å². The second-order valence-electron chi connectivity index (χ2n) is 21.2. The van der Waals surface area contributed by atoms with E-state index in [1.807, 2.05) is 91.5 Å². The van der Waals surface area contributed by atoms with Gasteiger partial charge < -0.3 is 57.7 Å². The van der Waals surface area contributed by atoms with Gasteiger partial charge >= 0.3 is 0 Å². The molecule has 5 aromatic carbocycles. The van der Waals surface area contributed by atoms with Crippen molar-refractivity contribution in [3.8, 4) is 23.0 Å². The summed E-state index contributed by atoms with van der Waals surface area (Å²) >= 11 is 0. The van der Waals surface area contributed by atoms with Crippen LogP contribution in [0.3, 0.4) is 0 Å². The predicted octanol–water partition coefficient (Wildman–Crippen LogP) is 8.97. The van der Waals surface area contributed by atoms with E-state index < -0.39 is 0 Å². The van der Waals surface area contributed by atoms with Gasteiger partial charge in [-0.05, 0) is 97.8 Å². The summed E-state index contributed by atoms with van der Waals surface area (Å²) in [6.07, 6.45) is 2.77. The Hall–Kier alpha value is -6.35. The minimum atomic E-state index is -0.241. The SMILES string of the molecule is CCNNC(=O)CCCSSC(C)(C)CN(CCOCCOCCOC)c1cc(COc2cc3c(cc2OC)C(=O)N2c4ccccc4C[C@H]2CN3C)cc(COc2cc3c(cc2OC)C(=O)N2c4ccccc4C[C@H]2CN3C)c1.